The highest BCUT2D eigenvalue weighted by Gasteiger charge is 1.97. The maximum atomic E-state index is 8.43. The third kappa shape index (κ3) is 3.59. The summed E-state index contributed by atoms with van der Waals surface area (Å²) in [5.74, 6) is 0. The lowest BCUT2D eigenvalue weighted by Gasteiger charge is -2.01. The normalized spacial score (nSPS) is 8.53. The van der Waals surface area contributed by atoms with Crippen molar-refractivity contribution in [1.29, 1.82) is 10.5 Å². The summed E-state index contributed by atoms with van der Waals surface area (Å²) in [5.41, 5.74) is 2.91. The van der Waals surface area contributed by atoms with Crippen molar-refractivity contribution in [3.8, 4) is 12.1 Å². The highest BCUT2D eigenvalue weighted by molar-refractivity contribution is 9.10. The van der Waals surface area contributed by atoms with Crippen molar-refractivity contribution >= 4 is 38.9 Å². The zero-order valence-corrected chi connectivity index (χ0v) is 9.67. The summed E-state index contributed by atoms with van der Waals surface area (Å²) < 4.78 is 0.781. The number of nitriles is 2. The van der Waals surface area contributed by atoms with Gasteiger partial charge in [-0.25, -0.2) is 0 Å². The average molecular weight is 284 g/mol. The summed E-state index contributed by atoms with van der Waals surface area (Å²) in [6.45, 7) is 0. The third-order valence-corrected chi connectivity index (χ3v) is 2.05. The molecule has 0 aliphatic rings. The first-order chi connectivity index (χ1) is 7.15. The minimum absolute atomic E-state index is 0.244. The van der Waals surface area contributed by atoms with E-state index in [0.717, 1.165) is 4.47 Å². The van der Waals surface area contributed by atoms with Crippen molar-refractivity contribution in [3.05, 3.63) is 27.7 Å². The summed E-state index contributed by atoms with van der Waals surface area (Å²) in [6, 6.07) is 8.33. The van der Waals surface area contributed by atoms with E-state index >= 15 is 0 Å². The molecule has 1 aromatic carbocycles. The van der Waals surface area contributed by atoms with E-state index in [0.29, 0.717) is 10.7 Å². The molecule has 0 saturated heterocycles. The molecule has 0 radical (unpaired) electrons. The Morgan fingerprint density at radius 1 is 1.33 bits per heavy atom. The minimum atomic E-state index is -0.244. The van der Waals surface area contributed by atoms with Gasteiger partial charge in [-0.2, -0.15) is 15.6 Å². The van der Waals surface area contributed by atoms with Crippen LogP contribution in [0.3, 0.4) is 0 Å². The average Bonchev–Trinajstić information content (AvgIpc) is 2.18. The van der Waals surface area contributed by atoms with Gasteiger partial charge in [-0.15, -0.1) is 0 Å². The van der Waals surface area contributed by atoms with Crippen LogP contribution in [-0.4, -0.2) is 5.71 Å². The molecule has 15 heavy (non-hydrogen) atoms. The van der Waals surface area contributed by atoms with E-state index in [2.05, 4.69) is 26.5 Å². The molecule has 0 atom stereocenters. The lowest BCUT2D eigenvalue weighted by atomic mass is 10.3. The number of rotatable bonds is 2. The Hall–Kier alpha value is -1.56. The molecule has 0 heterocycles. The number of nitrogens with zero attached hydrogens (tertiary/aromatic N) is 3. The van der Waals surface area contributed by atoms with Crippen LogP contribution in [0.5, 0.6) is 0 Å². The van der Waals surface area contributed by atoms with E-state index in [4.69, 9.17) is 22.1 Å². The summed E-state index contributed by atoms with van der Waals surface area (Å²) in [4.78, 5) is 0. The highest BCUT2D eigenvalue weighted by Crippen LogP contribution is 2.22. The summed E-state index contributed by atoms with van der Waals surface area (Å²) in [7, 11) is 0. The van der Waals surface area contributed by atoms with Gasteiger partial charge < -0.3 is 0 Å². The quantitative estimate of drug-likeness (QED) is 0.670. The number of hydrazone groups is 1. The molecule has 0 aliphatic carbocycles. The lowest BCUT2D eigenvalue weighted by molar-refractivity contribution is 1.33. The Bertz CT molecular complexity index is 448. The van der Waals surface area contributed by atoms with Gasteiger partial charge in [0.2, 0.25) is 5.71 Å². The first-order valence-corrected chi connectivity index (χ1v) is 4.93. The molecule has 0 bridgehead atoms. The highest BCUT2D eigenvalue weighted by atomic mass is 79.9. The molecule has 0 saturated carbocycles. The van der Waals surface area contributed by atoms with E-state index < -0.39 is 0 Å². The first kappa shape index (κ1) is 11.5. The van der Waals surface area contributed by atoms with Crippen LogP contribution in [-0.2, 0) is 0 Å². The molecule has 0 aromatic heterocycles. The fourth-order valence-electron chi connectivity index (χ4n) is 0.814. The molecular weight excluding hydrogens is 279 g/mol. The predicted octanol–water partition coefficient (Wildman–Crippen LogP) is 2.92. The Balaban J connectivity index is 2.88. The largest absolute Gasteiger partial charge is 0.276 e. The van der Waals surface area contributed by atoms with E-state index in [1.54, 1.807) is 30.3 Å². The lowest BCUT2D eigenvalue weighted by Crippen LogP contribution is -1.96. The number of nitrogens with one attached hydrogen (secondary N) is 1. The van der Waals surface area contributed by atoms with E-state index in [-0.39, 0.29) is 5.71 Å². The fourth-order valence-corrected chi connectivity index (χ4v) is 1.67. The monoisotopic (exact) mass is 282 g/mol. The molecule has 0 fully saturated rings. The van der Waals surface area contributed by atoms with Gasteiger partial charge in [0.15, 0.2) is 0 Å². The molecule has 0 amide bonds. The smallest absolute Gasteiger partial charge is 0.237 e. The number of hydrogen-bond acceptors (Lipinski definition) is 4. The van der Waals surface area contributed by atoms with E-state index in [9.17, 15) is 0 Å². The Morgan fingerprint density at radius 2 is 2.00 bits per heavy atom. The molecule has 0 spiro atoms. The van der Waals surface area contributed by atoms with Crippen LogP contribution in [0.4, 0.5) is 5.69 Å². The zero-order valence-electron chi connectivity index (χ0n) is 7.33. The maximum absolute atomic E-state index is 8.43. The van der Waals surface area contributed by atoms with Crippen LogP contribution >= 0.6 is 27.5 Å². The second-order valence-electron chi connectivity index (χ2n) is 2.45. The molecule has 1 aromatic rings. The van der Waals surface area contributed by atoms with Crippen molar-refractivity contribution < 1.29 is 0 Å². The third-order valence-electron chi connectivity index (χ3n) is 1.37. The van der Waals surface area contributed by atoms with Crippen molar-refractivity contribution in [2.75, 3.05) is 5.43 Å². The topological polar surface area (TPSA) is 72.0 Å². The van der Waals surface area contributed by atoms with Crippen molar-refractivity contribution in [1.82, 2.24) is 0 Å². The van der Waals surface area contributed by atoms with Gasteiger partial charge in [-0.3, -0.25) is 5.43 Å². The summed E-state index contributed by atoms with van der Waals surface area (Å²) in [5, 5.41) is 21.0. The minimum Gasteiger partial charge on any atom is -0.276 e. The van der Waals surface area contributed by atoms with Gasteiger partial charge in [-0.1, -0.05) is 27.5 Å². The van der Waals surface area contributed by atoms with Gasteiger partial charge in [-0.05, 0) is 18.2 Å². The van der Waals surface area contributed by atoms with Crippen LogP contribution in [0.25, 0.3) is 0 Å². The number of hydrogen-bond donors (Lipinski definition) is 1. The van der Waals surface area contributed by atoms with Crippen LogP contribution in [0.15, 0.2) is 27.8 Å². The maximum Gasteiger partial charge on any atom is 0.237 e. The molecule has 0 aliphatic heterocycles. The number of halogens is 2. The van der Waals surface area contributed by atoms with Gasteiger partial charge in [0, 0.05) is 9.50 Å². The fraction of sp³-hybridized carbons (Fsp3) is 0. The van der Waals surface area contributed by atoms with Crippen LogP contribution < -0.4 is 5.43 Å². The summed E-state index contributed by atoms with van der Waals surface area (Å²) in [6.07, 6.45) is 0. The molecular formula is C9H4BrClN4. The second kappa shape index (κ2) is 5.35. The van der Waals surface area contributed by atoms with Gasteiger partial charge in [0.25, 0.3) is 0 Å². The summed E-state index contributed by atoms with van der Waals surface area (Å²) >= 11 is 9.04. The Labute approximate surface area is 99.9 Å². The second-order valence-corrected chi connectivity index (χ2v) is 3.81. The molecule has 0 unspecified atom stereocenters. The van der Waals surface area contributed by atoms with Crippen molar-refractivity contribution in [2.24, 2.45) is 5.10 Å². The van der Waals surface area contributed by atoms with Crippen LogP contribution in [0.1, 0.15) is 0 Å². The van der Waals surface area contributed by atoms with Gasteiger partial charge in [0.05, 0.1) is 5.69 Å². The van der Waals surface area contributed by atoms with Gasteiger partial charge >= 0.3 is 0 Å². The van der Waals surface area contributed by atoms with E-state index in [1.807, 2.05) is 0 Å². The Kier molecular flexibility index (Phi) is 4.11. The van der Waals surface area contributed by atoms with Crippen molar-refractivity contribution in [2.45, 2.75) is 0 Å². The standard InChI is InChI=1S/C9H4BrClN4/c10-6-1-7(11)3-8(2-6)14-15-9(4-12)5-13/h1-3,14H. The van der Waals surface area contributed by atoms with Crippen LogP contribution in [0, 0.1) is 22.7 Å². The van der Waals surface area contributed by atoms with Gasteiger partial charge in [0.1, 0.15) is 12.1 Å². The predicted molar refractivity (Wildman–Crippen MR) is 61.4 cm³/mol. The Morgan fingerprint density at radius 3 is 2.53 bits per heavy atom. The number of anilines is 1. The molecule has 74 valence electrons. The number of benzene rings is 1. The van der Waals surface area contributed by atoms with E-state index in [1.165, 1.54) is 0 Å². The SMILES string of the molecule is N#CC(C#N)=NNc1cc(Cl)cc(Br)c1. The molecule has 1 rings (SSSR count). The molecule has 6 heteroatoms. The van der Waals surface area contributed by atoms with Crippen molar-refractivity contribution in [3.63, 3.8) is 0 Å². The molecule has 1 N–H and O–H groups in total. The first-order valence-electron chi connectivity index (χ1n) is 3.75. The van der Waals surface area contributed by atoms with Crippen LogP contribution in [0.2, 0.25) is 5.02 Å². The molecule has 4 nitrogen and oxygen atoms in total. The zero-order chi connectivity index (χ0) is 11.3.